The summed E-state index contributed by atoms with van der Waals surface area (Å²) in [5.74, 6) is -0.263. The van der Waals surface area contributed by atoms with Gasteiger partial charge in [0.1, 0.15) is 6.61 Å². The summed E-state index contributed by atoms with van der Waals surface area (Å²) in [7, 11) is 0. The van der Waals surface area contributed by atoms with Gasteiger partial charge in [-0.05, 0) is 25.5 Å². The molecule has 0 bridgehead atoms. The Morgan fingerprint density at radius 1 is 1.44 bits per heavy atom. The summed E-state index contributed by atoms with van der Waals surface area (Å²) in [6.45, 7) is 4.06. The van der Waals surface area contributed by atoms with E-state index in [4.69, 9.17) is 9.47 Å². The maximum Gasteiger partial charge on any atom is 0.338 e. The van der Waals surface area contributed by atoms with Gasteiger partial charge in [-0.25, -0.2) is 4.79 Å². The monoisotopic (exact) mass is 250 g/mol. The molecular weight excluding hydrogens is 232 g/mol. The average Bonchev–Trinajstić information content (AvgIpc) is 2.67. The van der Waals surface area contributed by atoms with Crippen molar-refractivity contribution in [1.29, 1.82) is 0 Å². The van der Waals surface area contributed by atoms with Crippen molar-refractivity contribution < 1.29 is 19.4 Å². The first-order chi connectivity index (χ1) is 8.56. The van der Waals surface area contributed by atoms with Gasteiger partial charge in [0.05, 0.1) is 11.7 Å². The Morgan fingerprint density at radius 3 is 2.67 bits per heavy atom. The molecule has 1 aromatic carbocycles. The number of esters is 1. The molecule has 0 aromatic heterocycles. The highest BCUT2D eigenvalue weighted by atomic mass is 16.6. The number of hydrogen-bond donors (Lipinski definition) is 1. The first-order valence-corrected chi connectivity index (χ1v) is 6.13. The van der Waals surface area contributed by atoms with Crippen LogP contribution < -0.4 is 0 Å². The number of hydrogen-bond acceptors (Lipinski definition) is 4. The molecule has 0 aliphatic carbocycles. The molecule has 98 valence electrons. The van der Waals surface area contributed by atoms with E-state index in [0.717, 1.165) is 5.56 Å². The van der Waals surface area contributed by atoms with Gasteiger partial charge in [0.25, 0.3) is 0 Å². The van der Waals surface area contributed by atoms with Crippen molar-refractivity contribution in [3.63, 3.8) is 0 Å². The third-order valence-electron chi connectivity index (χ3n) is 3.14. The summed E-state index contributed by atoms with van der Waals surface area (Å²) >= 11 is 0. The second-order valence-electron chi connectivity index (χ2n) is 4.83. The molecule has 1 aromatic rings. The van der Waals surface area contributed by atoms with Gasteiger partial charge in [0.15, 0.2) is 6.29 Å². The fourth-order valence-corrected chi connectivity index (χ4v) is 1.97. The number of aliphatic hydroxyl groups is 1. The quantitative estimate of drug-likeness (QED) is 0.832. The van der Waals surface area contributed by atoms with Gasteiger partial charge in [-0.15, -0.1) is 0 Å². The van der Waals surface area contributed by atoms with Crippen molar-refractivity contribution in [3.05, 3.63) is 35.4 Å². The predicted molar refractivity (Wildman–Crippen MR) is 66.1 cm³/mol. The van der Waals surface area contributed by atoms with Gasteiger partial charge in [0, 0.05) is 5.92 Å². The molecule has 4 nitrogen and oxygen atoms in total. The largest absolute Gasteiger partial charge is 0.459 e. The van der Waals surface area contributed by atoms with Gasteiger partial charge >= 0.3 is 5.97 Å². The summed E-state index contributed by atoms with van der Waals surface area (Å²) in [4.78, 5) is 11.7. The van der Waals surface area contributed by atoms with Crippen LogP contribution in [0, 0.1) is 12.8 Å². The van der Waals surface area contributed by atoms with Crippen molar-refractivity contribution >= 4 is 5.97 Å². The van der Waals surface area contributed by atoms with Crippen LogP contribution in [0.3, 0.4) is 0 Å². The molecule has 0 spiro atoms. The molecule has 0 amide bonds. The molecule has 3 unspecified atom stereocenters. The molecule has 0 saturated carbocycles. The van der Waals surface area contributed by atoms with Gasteiger partial charge in [-0.3, -0.25) is 0 Å². The van der Waals surface area contributed by atoms with Crippen LogP contribution in [0.1, 0.15) is 29.3 Å². The lowest BCUT2D eigenvalue weighted by Gasteiger charge is -2.11. The maximum absolute atomic E-state index is 11.7. The zero-order valence-electron chi connectivity index (χ0n) is 10.6. The van der Waals surface area contributed by atoms with E-state index >= 15 is 0 Å². The number of rotatable bonds is 3. The van der Waals surface area contributed by atoms with E-state index in [0.29, 0.717) is 12.0 Å². The lowest BCUT2D eigenvalue weighted by Crippen LogP contribution is -2.19. The van der Waals surface area contributed by atoms with Crippen molar-refractivity contribution in [2.75, 3.05) is 6.61 Å². The number of aliphatic hydroxyl groups excluding tert-OH is 1. The fourth-order valence-electron chi connectivity index (χ4n) is 1.97. The molecule has 1 aliphatic rings. The minimum atomic E-state index is -0.743. The van der Waals surface area contributed by atoms with E-state index in [9.17, 15) is 9.90 Å². The van der Waals surface area contributed by atoms with Gasteiger partial charge in [0.2, 0.25) is 0 Å². The van der Waals surface area contributed by atoms with Crippen LogP contribution in [-0.2, 0) is 9.47 Å². The molecule has 1 heterocycles. The molecule has 4 heteroatoms. The number of aryl methyl sites for hydroxylation is 1. The standard InChI is InChI=1S/C14H18O4/c1-9-3-5-11(6-4-9)14(16)17-8-12-7-10(2)13(15)18-12/h3-6,10,12-13,15H,7-8H2,1-2H3. The van der Waals surface area contributed by atoms with E-state index in [2.05, 4.69) is 0 Å². The normalized spacial score (nSPS) is 27.2. The van der Waals surface area contributed by atoms with Crippen LogP contribution in [0.4, 0.5) is 0 Å². The lowest BCUT2D eigenvalue weighted by atomic mass is 10.1. The zero-order chi connectivity index (χ0) is 13.1. The molecule has 3 atom stereocenters. The van der Waals surface area contributed by atoms with Crippen molar-refractivity contribution in [1.82, 2.24) is 0 Å². The summed E-state index contributed by atoms with van der Waals surface area (Å²) < 4.78 is 10.4. The first kappa shape index (κ1) is 13.1. The van der Waals surface area contributed by atoms with E-state index in [1.165, 1.54) is 0 Å². The average molecular weight is 250 g/mol. The SMILES string of the molecule is Cc1ccc(C(=O)OCC2CC(C)C(O)O2)cc1. The molecule has 1 N–H and O–H groups in total. The Hall–Kier alpha value is -1.39. The second-order valence-corrected chi connectivity index (χ2v) is 4.83. The van der Waals surface area contributed by atoms with Crippen LogP contribution in [0.5, 0.6) is 0 Å². The van der Waals surface area contributed by atoms with Crippen LogP contribution in [0.25, 0.3) is 0 Å². The zero-order valence-corrected chi connectivity index (χ0v) is 10.6. The van der Waals surface area contributed by atoms with E-state index in [1.54, 1.807) is 12.1 Å². The van der Waals surface area contributed by atoms with E-state index in [1.807, 2.05) is 26.0 Å². The van der Waals surface area contributed by atoms with Crippen LogP contribution in [0.15, 0.2) is 24.3 Å². The van der Waals surface area contributed by atoms with Gasteiger partial charge in [-0.2, -0.15) is 0 Å². The maximum atomic E-state index is 11.7. The minimum Gasteiger partial charge on any atom is -0.459 e. The van der Waals surface area contributed by atoms with Crippen molar-refractivity contribution in [3.8, 4) is 0 Å². The number of carbonyl (C=O) groups excluding carboxylic acids is 1. The Kier molecular flexibility index (Phi) is 3.99. The van der Waals surface area contributed by atoms with Crippen LogP contribution >= 0.6 is 0 Å². The Bertz CT molecular complexity index is 402. The molecular formula is C14H18O4. The summed E-state index contributed by atoms with van der Waals surface area (Å²) in [5.41, 5.74) is 1.63. The van der Waals surface area contributed by atoms with E-state index in [-0.39, 0.29) is 24.6 Å². The highest BCUT2D eigenvalue weighted by Gasteiger charge is 2.31. The third-order valence-corrected chi connectivity index (χ3v) is 3.14. The van der Waals surface area contributed by atoms with Crippen molar-refractivity contribution in [2.24, 2.45) is 5.92 Å². The summed E-state index contributed by atoms with van der Waals surface area (Å²) in [5, 5.41) is 9.42. The highest BCUT2D eigenvalue weighted by Crippen LogP contribution is 2.24. The number of carbonyl (C=O) groups is 1. The highest BCUT2D eigenvalue weighted by molar-refractivity contribution is 5.89. The predicted octanol–water partition coefficient (Wildman–Crippen LogP) is 1.90. The molecule has 1 aliphatic heterocycles. The Balaban J connectivity index is 1.84. The van der Waals surface area contributed by atoms with Crippen molar-refractivity contribution in [2.45, 2.75) is 32.7 Å². The lowest BCUT2D eigenvalue weighted by molar-refractivity contribution is -0.115. The third kappa shape index (κ3) is 3.09. The Labute approximate surface area is 107 Å². The van der Waals surface area contributed by atoms with E-state index < -0.39 is 6.29 Å². The molecule has 18 heavy (non-hydrogen) atoms. The van der Waals surface area contributed by atoms with Gasteiger partial charge in [-0.1, -0.05) is 24.6 Å². The molecule has 1 fully saturated rings. The molecule has 1 saturated heterocycles. The molecule has 2 rings (SSSR count). The topological polar surface area (TPSA) is 55.8 Å². The Morgan fingerprint density at radius 2 is 2.11 bits per heavy atom. The minimum absolute atomic E-state index is 0.0908. The van der Waals surface area contributed by atoms with Crippen LogP contribution in [0.2, 0.25) is 0 Å². The number of benzene rings is 1. The summed E-state index contributed by atoms with van der Waals surface area (Å²) in [6.07, 6.45) is -0.236. The van der Waals surface area contributed by atoms with Gasteiger partial charge < -0.3 is 14.6 Å². The number of ether oxygens (including phenoxy) is 2. The van der Waals surface area contributed by atoms with Crippen LogP contribution in [-0.4, -0.2) is 30.1 Å². The smallest absolute Gasteiger partial charge is 0.338 e. The second kappa shape index (κ2) is 5.50. The first-order valence-electron chi connectivity index (χ1n) is 6.13. The molecule has 0 radical (unpaired) electrons. The summed E-state index contributed by atoms with van der Waals surface area (Å²) in [6, 6.07) is 7.22. The fraction of sp³-hybridized carbons (Fsp3) is 0.500.